The minimum atomic E-state index is -0.573. The van der Waals surface area contributed by atoms with Crippen molar-refractivity contribution in [2.75, 3.05) is 36.4 Å². The van der Waals surface area contributed by atoms with Crippen LogP contribution in [0.4, 0.5) is 17.1 Å². The Kier molecular flexibility index (Phi) is 6.79. The largest absolute Gasteiger partial charge is 0.368 e. The molecule has 1 aliphatic heterocycles. The van der Waals surface area contributed by atoms with Crippen LogP contribution in [-0.4, -0.2) is 47.8 Å². The molecule has 2 amide bonds. The molecule has 0 radical (unpaired) electrons. The zero-order chi connectivity index (χ0) is 24.2. The summed E-state index contributed by atoms with van der Waals surface area (Å²) in [4.78, 5) is 39.7. The van der Waals surface area contributed by atoms with Gasteiger partial charge < -0.3 is 15.1 Å². The second-order valence-corrected chi connectivity index (χ2v) is 8.47. The molecule has 174 valence electrons. The van der Waals surface area contributed by atoms with Crippen LogP contribution in [0, 0.1) is 17.0 Å². The van der Waals surface area contributed by atoms with Gasteiger partial charge in [-0.2, -0.15) is 0 Å². The van der Waals surface area contributed by atoms with Crippen LogP contribution in [0.2, 0.25) is 5.02 Å². The average Bonchev–Trinajstić information content (AvgIpc) is 2.85. The number of anilines is 2. The molecule has 4 rings (SSSR count). The van der Waals surface area contributed by atoms with E-state index in [2.05, 4.69) is 10.2 Å². The monoisotopic (exact) mass is 478 g/mol. The van der Waals surface area contributed by atoms with Crippen LogP contribution < -0.4 is 10.2 Å². The zero-order valence-electron chi connectivity index (χ0n) is 18.5. The third kappa shape index (κ3) is 5.18. The number of piperazine rings is 1. The number of hydrogen-bond acceptors (Lipinski definition) is 5. The van der Waals surface area contributed by atoms with Gasteiger partial charge >= 0.3 is 0 Å². The van der Waals surface area contributed by atoms with Crippen molar-refractivity contribution in [3.8, 4) is 0 Å². The summed E-state index contributed by atoms with van der Waals surface area (Å²) in [5.41, 5.74) is 3.18. The van der Waals surface area contributed by atoms with Crippen molar-refractivity contribution < 1.29 is 14.5 Å². The molecule has 0 unspecified atom stereocenters. The molecule has 0 atom stereocenters. The van der Waals surface area contributed by atoms with Crippen LogP contribution >= 0.6 is 11.6 Å². The van der Waals surface area contributed by atoms with E-state index in [1.54, 1.807) is 12.1 Å². The minimum Gasteiger partial charge on any atom is -0.368 e. The number of benzene rings is 3. The normalized spacial score (nSPS) is 13.5. The molecule has 0 bridgehead atoms. The maximum atomic E-state index is 12.7. The second kappa shape index (κ2) is 9.93. The first kappa shape index (κ1) is 23.3. The third-order valence-electron chi connectivity index (χ3n) is 5.76. The van der Waals surface area contributed by atoms with Crippen LogP contribution in [0.5, 0.6) is 0 Å². The number of nitrogens with one attached hydrogen (secondary N) is 1. The standard InChI is InChI=1S/C25H23ClN4O4/c1-17-2-4-18(5-3-17)25(32)29-14-12-28(13-15-29)20-8-6-19(7-9-20)27-24(31)22-16-21(30(33)34)10-11-23(22)26/h2-11,16H,12-15H2,1H3,(H,27,31). The van der Waals surface area contributed by atoms with E-state index in [9.17, 15) is 19.7 Å². The number of halogens is 1. The van der Waals surface area contributed by atoms with Crippen molar-refractivity contribution in [3.63, 3.8) is 0 Å². The number of nitro groups is 1. The van der Waals surface area contributed by atoms with Gasteiger partial charge in [0.2, 0.25) is 0 Å². The van der Waals surface area contributed by atoms with Gasteiger partial charge in [0.1, 0.15) is 0 Å². The molecule has 1 saturated heterocycles. The second-order valence-electron chi connectivity index (χ2n) is 8.07. The molecule has 3 aromatic rings. The predicted octanol–water partition coefficient (Wildman–Crippen LogP) is 4.77. The Hall–Kier alpha value is -3.91. The third-order valence-corrected chi connectivity index (χ3v) is 6.09. The lowest BCUT2D eigenvalue weighted by atomic mass is 10.1. The molecule has 3 aromatic carbocycles. The summed E-state index contributed by atoms with van der Waals surface area (Å²) >= 11 is 6.05. The summed E-state index contributed by atoms with van der Waals surface area (Å²) in [5, 5.41) is 13.8. The number of aryl methyl sites for hydroxylation is 1. The van der Waals surface area contributed by atoms with E-state index in [1.807, 2.05) is 48.2 Å². The summed E-state index contributed by atoms with van der Waals surface area (Å²) in [6.45, 7) is 4.64. The van der Waals surface area contributed by atoms with Crippen molar-refractivity contribution >= 4 is 40.5 Å². The van der Waals surface area contributed by atoms with Gasteiger partial charge in [-0.15, -0.1) is 0 Å². The molecule has 9 heteroatoms. The number of nitrogens with zero attached hydrogens (tertiary/aromatic N) is 3. The Morgan fingerprint density at radius 3 is 2.21 bits per heavy atom. The predicted molar refractivity (Wildman–Crippen MR) is 132 cm³/mol. The number of amides is 2. The highest BCUT2D eigenvalue weighted by molar-refractivity contribution is 6.34. The van der Waals surface area contributed by atoms with Crippen LogP contribution in [0.15, 0.2) is 66.7 Å². The minimum absolute atomic E-state index is 0.0364. The van der Waals surface area contributed by atoms with E-state index in [0.717, 1.165) is 17.3 Å². The SMILES string of the molecule is Cc1ccc(C(=O)N2CCN(c3ccc(NC(=O)c4cc([N+](=O)[O-])ccc4Cl)cc3)CC2)cc1. The first-order chi connectivity index (χ1) is 16.3. The summed E-state index contributed by atoms with van der Waals surface area (Å²) in [6, 6.07) is 18.7. The number of rotatable bonds is 5. The zero-order valence-corrected chi connectivity index (χ0v) is 19.3. The lowest BCUT2D eigenvalue weighted by Crippen LogP contribution is -2.48. The summed E-state index contributed by atoms with van der Waals surface area (Å²) < 4.78 is 0. The van der Waals surface area contributed by atoms with Gasteiger partial charge in [0.25, 0.3) is 17.5 Å². The highest BCUT2D eigenvalue weighted by Crippen LogP contribution is 2.24. The number of nitro benzene ring substituents is 1. The molecule has 8 nitrogen and oxygen atoms in total. The topological polar surface area (TPSA) is 95.8 Å². The molecule has 1 heterocycles. The van der Waals surface area contributed by atoms with Gasteiger partial charge in [-0.05, 0) is 49.4 Å². The summed E-state index contributed by atoms with van der Waals surface area (Å²) in [5.74, 6) is -0.484. The Bertz CT molecular complexity index is 1220. The number of carbonyl (C=O) groups excluding carboxylic acids is 2. The van der Waals surface area contributed by atoms with Crippen molar-refractivity contribution in [2.45, 2.75) is 6.92 Å². The van der Waals surface area contributed by atoms with E-state index >= 15 is 0 Å². The van der Waals surface area contributed by atoms with E-state index in [-0.39, 0.29) is 22.2 Å². The van der Waals surface area contributed by atoms with Crippen molar-refractivity contribution in [2.24, 2.45) is 0 Å². The van der Waals surface area contributed by atoms with Crippen LogP contribution in [-0.2, 0) is 0 Å². The summed E-state index contributed by atoms with van der Waals surface area (Å²) in [7, 11) is 0. The van der Waals surface area contributed by atoms with Gasteiger partial charge in [-0.3, -0.25) is 19.7 Å². The first-order valence-electron chi connectivity index (χ1n) is 10.8. The molecule has 1 fully saturated rings. The molecule has 0 aromatic heterocycles. The Morgan fingerprint density at radius 2 is 1.59 bits per heavy atom. The Balaban J connectivity index is 1.36. The van der Waals surface area contributed by atoms with E-state index in [1.165, 1.54) is 12.1 Å². The van der Waals surface area contributed by atoms with Gasteiger partial charge in [0.15, 0.2) is 0 Å². The first-order valence-corrected chi connectivity index (χ1v) is 11.2. The maximum absolute atomic E-state index is 12.7. The van der Waals surface area contributed by atoms with Crippen LogP contribution in [0.25, 0.3) is 0 Å². The number of hydrogen-bond donors (Lipinski definition) is 1. The summed E-state index contributed by atoms with van der Waals surface area (Å²) in [6.07, 6.45) is 0. The lowest BCUT2D eigenvalue weighted by molar-refractivity contribution is -0.384. The maximum Gasteiger partial charge on any atom is 0.270 e. The molecular weight excluding hydrogens is 456 g/mol. The quantitative estimate of drug-likeness (QED) is 0.421. The molecule has 0 spiro atoms. The average molecular weight is 479 g/mol. The molecule has 1 N–H and O–H groups in total. The highest BCUT2D eigenvalue weighted by Gasteiger charge is 2.22. The highest BCUT2D eigenvalue weighted by atomic mass is 35.5. The fraction of sp³-hybridized carbons (Fsp3) is 0.200. The van der Waals surface area contributed by atoms with Crippen molar-refractivity contribution in [3.05, 3.63) is 98.6 Å². The fourth-order valence-corrected chi connectivity index (χ4v) is 4.00. The van der Waals surface area contributed by atoms with Crippen LogP contribution in [0.3, 0.4) is 0 Å². The Morgan fingerprint density at radius 1 is 0.941 bits per heavy atom. The molecule has 1 aliphatic rings. The molecular formula is C25H23ClN4O4. The van der Waals surface area contributed by atoms with Crippen molar-refractivity contribution in [1.29, 1.82) is 0 Å². The van der Waals surface area contributed by atoms with E-state index in [4.69, 9.17) is 11.6 Å². The molecule has 34 heavy (non-hydrogen) atoms. The molecule has 0 aliphatic carbocycles. The number of non-ortho nitro benzene ring substituents is 1. The van der Waals surface area contributed by atoms with Crippen LogP contribution in [0.1, 0.15) is 26.3 Å². The van der Waals surface area contributed by atoms with E-state index in [0.29, 0.717) is 37.4 Å². The molecule has 0 saturated carbocycles. The van der Waals surface area contributed by atoms with Crippen molar-refractivity contribution in [1.82, 2.24) is 4.90 Å². The van der Waals surface area contributed by atoms with Gasteiger partial charge in [-0.1, -0.05) is 29.3 Å². The Labute approximate surface area is 201 Å². The van der Waals surface area contributed by atoms with Gasteiger partial charge in [0, 0.05) is 55.2 Å². The number of carbonyl (C=O) groups is 2. The fourth-order valence-electron chi connectivity index (χ4n) is 3.80. The smallest absolute Gasteiger partial charge is 0.270 e. The van der Waals surface area contributed by atoms with Gasteiger partial charge in [0.05, 0.1) is 15.5 Å². The lowest BCUT2D eigenvalue weighted by Gasteiger charge is -2.36. The van der Waals surface area contributed by atoms with Gasteiger partial charge in [-0.25, -0.2) is 0 Å². The van der Waals surface area contributed by atoms with E-state index < -0.39 is 10.8 Å².